The maximum Gasteiger partial charge on any atom is 0.414 e. The number of carbonyl (C=O) groups excluding carboxylic acids is 2. The van der Waals surface area contributed by atoms with Crippen molar-refractivity contribution in [2.24, 2.45) is 0 Å². The third-order valence-corrected chi connectivity index (χ3v) is 5.77. The first-order chi connectivity index (χ1) is 16.8. The van der Waals surface area contributed by atoms with E-state index >= 15 is 0 Å². The summed E-state index contributed by atoms with van der Waals surface area (Å²) in [6.07, 6.45) is 3.57. The molecule has 2 aliphatic heterocycles. The molecule has 0 spiro atoms. The van der Waals surface area contributed by atoms with Crippen LogP contribution in [0.15, 0.2) is 60.7 Å². The van der Waals surface area contributed by atoms with E-state index in [1.807, 2.05) is 24.3 Å². The number of carboxylic acid groups (broad SMARTS) is 2. The highest BCUT2D eigenvalue weighted by atomic mass is 16.6. The molecule has 1 atom stereocenters. The fourth-order valence-electron chi connectivity index (χ4n) is 4.13. The molecule has 2 N–H and O–H groups in total. The van der Waals surface area contributed by atoms with Crippen LogP contribution in [0.3, 0.4) is 0 Å². The van der Waals surface area contributed by atoms with Gasteiger partial charge in [-0.1, -0.05) is 54.6 Å². The first-order valence-corrected chi connectivity index (χ1v) is 11.3. The van der Waals surface area contributed by atoms with Crippen molar-refractivity contribution in [3.05, 3.63) is 77.4 Å². The standard InChI is InChI=1S/C24H26N2O3.C2H2O4/c1-18(27)29-24-22-11-6-5-10-21(22)23(28)26(24)15-7-14-25-16-12-20(13-17-25)19-8-3-2-4-9-19;3-1(4)2(5)6/h2-6,8-12,24H,7,13-17H2,1H3;(H,3,4)(H,5,6). The number of ether oxygens (including phenoxy) is 1. The lowest BCUT2D eigenvalue weighted by atomic mass is 9.99. The summed E-state index contributed by atoms with van der Waals surface area (Å²) >= 11 is 0. The molecule has 2 aromatic carbocycles. The molecule has 9 nitrogen and oxygen atoms in total. The SMILES string of the molecule is CC(=O)OC1c2ccccc2C(=O)N1CCCN1CC=C(c2ccccc2)CC1.O=C(O)C(=O)O. The van der Waals surface area contributed by atoms with Gasteiger partial charge in [0.25, 0.3) is 5.91 Å². The molecule has 0 saturated carbocycles. The van der Waals surface area contributed by atoms with Gasteiger partial charge < -0.3 is 14.9 Å². The number of hydrogen-bond donors (Lipinski definition) is 2. The molecule has 184 valence electrons. The van der Waals surface area contributed by atoms with Gasteiger partial charge in [0.1, 0.15) is 0 Å². The highest BCUT2D eigenvalue weighted by Crippen LogP contribution is 2.34. The van der Waals surface area contributed by atoms with Crippen molar-refractivity contribution in [1.29, 1.82) is 0 Å². The summed E-state index contributed by atoms with van der Waals surface area (Å²) in [4.78, 5) is 46.6. The number of amides is 1. The Morgan fingerprint density at radius 2 is 1.63 bits per heavy atom. The topological polar surface area (TPSA) is 124 Å². The number of nitrogens with zero attached hydrogens (tertiary/aromatic N) is 2. The zero-order valence-corrected chi connectivity index (χ0v) is 19.4. The van der Waals surface area contributed by atoms with E-state index in [1.165, 1.54) is 18.1 Å². The van der Waals surface area contributed by atoms with Crippen LogP contribution in [0, 0.1) is 0 Å². The van der Waals surface area contributed by atoms with Gasteiger partial charge in [-0.2, -0.15) is 0 Å². The lowest BCUT2D eigenvalue weighted by Gasteiger charge is -2.29. The second-order valence-electron chi connectivity index (χ2n) is 8.16. The monoisotopic (exact) mass is 480 g/mol. The van der Waals surface area contributed by atoms with Crippen LogP contribution in [0.25, 0.3) is 5.57 Å². The molecule has 2 aromatic rings. The van der Waals surface area contributed by atoms with Gasteiger partial charge in [0, 0.05) is 44.2 Å². The number of carbonyl (C=O) groups is 4. The molecule has 0 bridgehead atoms. The van der Waals surface area contributed by atoms with Crippen LogP contribution in [0.1, 0.15) is 47.5 Å². The van der Waals surface area contributed by atoms with Crippen molar-refractivity contribution in [1.82, 2.24) is 9.80 Å². The number of carboxylic acids is 2. The average Bonchev–Trinajstić information content (AvgIpc) is 3.11. The van der Waals surface area contributed by atoms with Crippen molar-refractivity contribution in [3.8, 4) is 0 Å². The maximum atomic E-state index is 12.8. The Kier molecular flexibility index (Phi) is 8.74. The zero-order chi connectivity index (χ0) is 25.4. The molecule has 2 aliphatic rings. The van der Waals surface area contributed by atoms with E-state index in [4.69, 9.17) is 24.5 Å². The fraction of sp³-hybridized carbons (Fsp3) is 0.308. The van der Waals surface area contributed by atoms with Crippen LogP contribution in [0.5, 0.6) is 0 Å². The first-order valence-electron chi connectivity index (χ1n) is 11.3. The van der Waals surface area contributed by atoms with Gasteiger partial charge >= 0.3 is 17.9 Å². The molecule has 1 amide bonds. The minimum absolute atomic E-state index is 0.0586. The molecule has 0 radical (unpaired) electrons. The Morgan fingerprint density at radius 3 is 2.23 bits per heavy atom. The molecule has 9 heteroatoms. The lowest BCUT2D eigenvalue weighted by molar-refractivity contribution is -0.159. The van der Waals surface area contributed by atoms with Crippen LogP contribution < -0.4 is 0 Å². The smallest absolute Gasteiger partial charge is 0.414 e. The molecule has 4 rings (SSSR count). The van der Waals surface area contributed by atoms with Gasteiger partial charge in [-0.05, 0) is 30.0 Å². The van der Waals surface area contributed by atoms with Crippen molar-refractivity contribution in [3.63, 3.8) is 0 Å². The van der Waals surface area contributed by atoms with Gasteiger partial charge in [-0.25, -0.2) is 9.59 Å². The average molecular weight is 481 g/mol. The quantitative estimate of drug-likeness (QED) is 0.478. The number of benzene rings is 2. The maximum absolute atomic E-state index is 12.8. The van der Waals surface area contributed by atoms with Crippen molar-refractivity contribution in [2.75, 3.05) is 26.2 Å². The number of aliphatic carboxylic acids is 2. The van der Waals surface area contributed by atoms with E-state index < -0.39 is 18.2 Å². The van der Waals surface area contributed by atoms with E-state index in [2.05, 4.69) is 35.2 Å². The Hall–Kier alpha value is -3.98. The summed E-state index contributed by atoms with van der Waals surface area (Å²) < 4.78 is 5.47. The van der Waals surface area contributed by atoms with Crippen LogP contribution >= 0.6 is 0 Å². The predicted molar refractivity (Wildman–Crippen MR) is 127 cm³/mol. The minimum atomic E-state index is -1.82. The molecule has 35 heavy (non-hydrogen) atoms. The number of esters is 1. The Morgan fingerprint density at radius 1 is 0.971 bits per heavy atom. The van der Waals surface area contributed by atoms with Gasteiger partial charge in [0.15, 0.2) is 0 Å². The van der Waals surface area contributed by atoms with Crippen LogP contribution in [-0.2, 0) is 19.1 Å². The number of rotatable bonds is 6. The van der Waals surface area contributed by atoms with Crippen molar-refractivity contribution in [2.45, 2.75) is 26.0 Å². The predicted octanol–water partition coefficient (Wildman–Crippen LogP) is 3.04. The van der Waals surface area contributed by atoms with E-state index in [0.717, 1.165) is 38.0 Å². The van der Waals surface area contributed by atoms with Gasteiger partial charge in [0.05, 0.1) is 0 Å². The fourth-order valence-corrected chi connectivity index (χ4v) is 4.13. The second-order valence-corrected chi connectivity index (χ2v) is 8.16. The van der Waals surface area contributed by atoms with E-state index in [-0.39, 0.29) is 11.9 Å². The summed E-state index contributed by atoms with van der Waals surface area (Å²) in [7, 11) is 0. The first kappa shape index (κ1) is 25.6. The van der Waals surface area contributed by atoms with Crippen LogP contribution in [-0.4, -0.2) is 70.0 Å². The summed E-state index contributed by atoms with van der Waals surface area (Å²) in [5.41, 5.74) is 4.12. The van der Waals surface area contributed by atoms with Crippen molar-refractivity contribution < 1.29 is 34.1 Å². The molecule has 0 saturated heterocycles. The Bertz CT molecular complexity index is 1100. The largest absolute Gasteiger partial charge is 0.473 e. The molecule has 1 unspecified atom stereocenters. The molecule has 0 fully saturated rings. The zero-order valence-electron chi connectivity index (χ0n) is 19.4. The van der Waals surface area contributed by atoms with E-state index in [1.54, 1.807) is 11.0 Å². The highest BCUT2D eigenvalue weighted by Gasteiger charge is 2.38. The molecular formula is C26H28N2O7. The second kappa shape index (κ2) is 11.9. The molecule has 2 heterocycles. The minimum Gasteiger partial charge on any atom is -0.473 e. The summed E-state index contributed by atoms with van der Waals surface area (Å²) in [6.45, 7) is 4.80. The Labute approximate surface area is 203 Å². The van der Waals surface area contributed by atoms with E-state index in [0.29, 0.717) is 12.1 Å². The van der Waals surface area contributed by atoms with Crippen molar-refractivity contribution >= 4 is 29.4 Å². The van der Waals surface area contributed by atoms with Gasteiger partial charge in [-0.15, -0.1) is 0 Å². The highest BCUT2D eigenvalue weighted by molar-refractivity contribution is 6.27. The third-order valence-electron chi connectivity index (χ3n) is 5.77. The normalized spacial score (nSPS) is 17.1. The molecule has 0 aliphatic carbocycles. The summed E-state index contributed by atoms with van der Waals surface area (Å²) in [5.74, 6) is -4.08. The van der Waals surface area contributed by atoms with E-state index in [9.17, 15) is 9.59 Å². The lowest BCUT2D eigenvalue weighted by Crippen LogP contribution is -2.35. The summed E-state index contributed by atoms with van der Waals surface area (Å²) in [6, 6.07) is 17.9. The van der Waals surface area contributed by atoms with Gasteiger partial charge in [0.2, 0.25) is 6.23 Å². The number of hydrogen-bond acceptors (Lipinski definition) is 6. The van der Waals surface area contributed by atoms with Crippen LogP contribution in [0.4, 0.5) is 0 Å². The summed E-state index contributed by atoms with van der Waals surface area (Å²) in [5, 5.41) is 14.8. The molecular weight excluding hydrogens is 452 g/mol. The molecule has 0 aromatic heterocycles. The Balaban J connectivity index is 0.000000509. The number of fused-ring (bicyclic) bond motifs is 1. The van der Waals surface area contributed by atoms with Gasteiger partial charge in [-0.3, -0.25) is 19.4 Å². The van der Waals surface area contributed by atoms with Crippen LogP contribution in [0.2, 0.25) is 0 Å². The third kappa shape index (κ3) is 6.77.